The second-order valence-corrected chi connectivity index (χ2v) is 10.3. The summed E-state index contributed by atoms with van der Waals surface area (Å²) in [7, 11) is 2.05. The van der Waals surface area contributed by atoms with E-state index in [0.29, 0.717) is 18.8 Å². The number of benzene rings is 2. The molecule has 8 heteroatoms. The van der Waals surface area contributed by atoms with Crippen molar-refractivity contribution in [1.29, 1.82) is 0 Å². The number of carbonyl (C=O) groups excluding carboxylic acids is 2. The SMILES string of the molecule is CN1CCN(C(=O)OCC2=CN3C(=O)C(N)(C(c4ccccc4)c4ccccc4)[C@H]3SC2)CC1. The molecule has 0 aliphatic carbocycles. The summed E-state index contributed by atoms with van der Waals surface area (Å²) in [6, 6.07) is 20.0. The minimum Gasteiger partial charge on any atom is -0.445 e. The van der Waals surface area contributed by atoms with Crippen molar-refractivity contribution in [3.05, 3.63) is 83.6 Å². The summed E-state index contributed by atoms with van der Waals surface area (Å²) in [4.78, 5) is 31.6. The minimum absolute atomic E-state index is 0.106. The molecular weight excluding hydrogens is 448 g/mol. The van der Waals surface area contributed by atoms with Gasteiger partial charge in [0.25, 0.3) is 5.91 Å². The predicted molar refractivity (Wildman–Crippen MR) is 133 cm³/mol. The second kappa shape index (κ2) is 9.44. The van der Waals surface area contributed by atoms with E-state index in [2.05, 4.69) is 4.90 Å². The molecule has 34 heavy (non-hydrogen) atoms. The molecule has 5 rings (SSSR count). The van der Waals surface area contributed by atoms with E-state index in [1.54, 1.807) is 21.6 Å². The fourth-order valence-corrected chi connectivity index (χ4v) is 6.34. The highest BCUT2D eigenvalue weighted by Gasteiger charge is 2.63. The van der Waals surface area contributed by atoms with Gasteiger partial charge in [-0.05, 0) is 23.7 Å². The number of β-lactam (4-membered cyclic amide) rings is 1. The van der Waals surface area contributed by atoms with E-state index in [1.165, 1.54) is 0 Å². The lowest BCUT2D eigenvalue weighted by Crippen LogP contribution is -2.78. The molecule has 0 aromatic heterocycles. The van der Waals surface area contributed by atoms with Crippen LogP contribution in [0.1, 0.15) is 17.0 Å². The molecule has 0 spiro atoms. The van der Waals surface area contributed by atoms with Crippen LogP contribution in [0, 0.1) is 0 Å². The van der Waals surface area contributed by atoms with E-state index in [4.69, 9.17) is 10.5 Å². The van der Waals surface area contributed by atoms with E-state index >= 15 is 0 Å². The molecule has 2 aromatic carbocycles. The summed E-state index contributed by atoms with van der Waals surface area (Å²) in [6.07, 6.45) is 1.54. The number of nitrogens with zero attached hydrogens (tertiary/aromatic N) is 3. The summed E-state index contributed by atoms with van der Waals surface area (Å²) in [5, 5.41) is -0.178. The summed E-state index contributed by atoms with van der Waals surface area (Å²) < 4.78 is 5.55. The fraction of sp³-hybridized carbons (Fsp3) is 0.385. The van der Waals surface area contributed by atoms with Gasteiger partial charge in [-0.3, -0.25) is 4.79 Å². The average molecular weight is 479 g/mol. The van der Waals surface area contributed by atoms with Crippen LogP contribution >= 0.6 is 11.8 Å². The molecule has 2 aromatic rings. The number of nitrogens with two attached hydrogens (primary N) is 1. The first-order chi connectivity index (χ1) is 16.5. The highest BCUT2D eigenvalue weighted by Crippen LogP contribution is 2.50. The number of thioether (sulfide) groups is 1. The Hall–Kier alpha value is -2.81. The molecule has 3 heterocycles. The van der Waals surface area contributed by atoms with Crippen LogP contribution in [0.3, 0.4) is 0 Å². The zero-order valence-electron chi connectivity index (χ0n) is 19.3. The second-order valence-electron chi connectivity index (χ2n) is 9.20. The summed E-state index contributed by atoms with van der Waals surface area (Å²) in [5.41, 5.74) is 8.87. The Bertz CT molecular complexity index is 1030. The van der Waals surface area contributed by atoms with Crippen LogP contribution < -0.4 is 5.73 Å². The fourth-order valence-electron chi connectivity index (χ4n) is 4.98. The van der Waals surface area contributed by atoms with Crippen LogP contribution in [0.25, 0.3) is 0 Å². The normalized spacial score (nSPS) is 25.0. The van der Waals surface area contributed by atoms with Gasteiger partial charge in [0.1, 0.15) is 17.5 Å². The maximum Gasteiger partial charge on any atom is 0.410 e. The molecule has 0 saturated carbocycles. The number of piperazine rings is 1. The van der Waals surface area contributed by atoms with Gasteiger partial charge in [-0.15, -0.1) is 11.8 Å². The Morgan fingerprint density at radius 3 is 2.24 bits per heavy atom. The number of fused-ring (bicyclic) bond motifs is 1. The monoisotopic (exact) mass is 478 g/mol. The Morgan fingerprint density at radius 2 is 1.65 bits per heavy atom. The molecule has 0 radical (unpaired) electrons. The average Bonchev–Trinajstić information content (AvgIpc) is 2.88. The van der Waals surface area contributed by atoms with Gasteiger partial charge < -0.3 is 25.2 Å². The molecule has 2 saturated heterocycles. The molecule has 3 aliphatic rings. The number of hydrogen-bond donors (Lipinski definition) is 1. The maximum absolute atomic E-state index is 13.5. The lowest BCUT2D eigenvalue weighted by atomic mass is 9.70. The van der Waals surface area contributed by atoms with Gasteiger partial charge in [0, 0.05) is 44.0 Å². The third kappa shape index (κ3) is 4.10. The molecule has 7 nitrogen and oxygen atoms in total. The van der Waals surface area contributed by atoms with Crippen LogP contribution in [-0.4, -0.2) is 83.2 Å². The van der Waals surface area contributed by atoms with Crippen LogP contribution in [0.15, 0.2) is 72.4 Å². The Morgan fingerprint density at radius 1 is 1.06 bits per heavy atom. The lowest BCUT2D eigenvalue weighted by molar-refractivity contribution is -0.149. The predicted octanol–water partition coefficient (Wildman–Crippen LogP) is 2.70. The number of rotatable bonds is 5. The molecule has 2 fully saturated rings. The summed E-state index contributed by atoms with van der Waals surface area (Å²) in [5.74, 6) is 0.311. The van der Waals surface area contributed by atoms with Gasteiger partial charge in [0.15, 0.2) is 0 Å². The van der Waals surface area contributed by atoms with Crippen LogP contribution in [-0.2, 0) is 9.53 Å². The van der Waals surface area contributed by atoms with E-state index in [-0.39, 0.29) is 29.9 Å². The highest BCUT2D eigenvalue weighted by molar-refractivity contribution is 8.00. The van der Waals surface area contributed by atoms with Gasteiger partial charge >= 0.3 is 6.09 Å². The first kappa shape index (κ1) is 23.0. The Labute approximate surface area is 204 Å². The molecule has 2 amide bonds. The first-order valence-electron chi connectivity index (χ1n) is 11.6. The van der Waals surface area contributed by atoms with Crippen molar-refractivity contribution in [2.24, 2.45) is 5.73 Å². The molecule has 1 unspecified atom stereocenters. The van der Waals surface area contributed by atoms with Gasteiger partial charge in [0.05, 0.1) is 0 Å². The Balaban J connectivity index is 1.31. The smallest absolute Gasteiger partial charge is 0.410 e. The van der Waals surface area contributed by atoms with Crippen molar-refractivity contribution >= 4 is 23.8 Å². The molecule has 2 N–H and O–H groups in total. The molecule has 2 atom stereocenters. The molecule has 3 aliphatic heterocycles. The number of carbonyl (C=O) groups is 2. The van der Waals surface area contributed by atoms with E-state index in [0.717, 1.165) is 29.8 Å². The van der Waals surface area contributed by atoms with Gasteiger partial charge in [-0.25, -0.2) is 4.79 Å². The van der Waals surface area contributed by atoms with Gasteiger partial charge in [-0.1, -0.05) is 60.7 Å². The van der Waals surface area contributed by atoms with Crippen molar-refractivity contribution in [3.8, 4) is 0 Å². The Kier molecular flexibility index (Phi) is 6.38. The van der Waals surface area contributed by atoms with Crippen molar-refractivity contribution < 1.29 is 14.3 Å². The van der Waals surface area contributed by atoms with E-state index in [9.17, 15) is 9.59 Å². The van der Waals surface area contributed by atoms with Crippen molar-refractivity contribution in [2.75, 3.05) is 45.6 Å². The zero-order chi connectivity index (χ0) is 23.7. The molecule has 0 bridgehead atoms. The van der Waals surface area contributed by atoms with Crippen molar-refractivity contribution in [3.63, 3.8) is 0 Å². The third-order valence-electron chi connectivity index (χ3n) is 6.90. The summed E-state index contributed by atoms with van der Waals surface area (Å²) >= 11 is 1.64. The van der Waals surface area contributed by atoms with E-state index < -0.39 is 5.54 Å². The maximum atomic E-state index is 13.5. The van der Waals surface area contributed by atoms with Crippen molar-refractivity contribution in [2.45, 2.75) is 16.8 Å². The van der Waals surface area contributed by atoms with Crippen LogP contribution in [0.2, 0.25) is 0 Å². The number of likely N-dealkylation sites (N-methyl/N-ethyl adjacent to an activating group) is 1. The molecule has 178 valence electrons. The van der Waals surface area contributed by atoms with Gasteiger partial charge in [-0.2, -0.15) is 0 Å². The largest absolute Gasteiger partial charge is 0.445 e. The zero-order valence-corrected chi connectivity index (χ0v) is 20.1. The van der Waals surface area contributed by atoms with Crippen LogP contribution in [0.4, 0.5) is 4.79 Å². The van der Waals surface area contributed by atoms with Gasteiger partial charge in [0.2, 0.25) is 0 Å². The summed E-state index contributed by atoms with van der Waals surface area (Å²) in [6.45, 7) is 3.23. The number of hydrogen-bond acceptors (Lipinski definition) is 6. The third-order valence-corrected chi connectivity index (χ3v) is 8.37. The molecular formula is C26H30N4O3S. The minimum atomic E-state index is -1.05. The number of ether oxygens (including phenoxy) is 1. The topological polar surface area (TPSA) is 79.1 Å². The van der Waals surface area contributed by atoms with Crippen LogP contribution in [0.5, 0.6) is 0 Å². The standard InChI is InChI=1S/C26H30N4O3S/c1-28-12-14-29(15-13-28)25(32)33-17-19-16-30-23(31)26(27,24(30)34-18-19)22(20-8-4-2-5-9-20)21-10-6-3-7-11-21/h2-11,16,22,24H,12-15,17-18,27H2,1H3/t24-,26?/m1/s1. The van der Waals surface area contributed by atoms with E-state index in [1.807, 2.05) is 73.9 Å². The quantitative estimate of drug-likeness (QED) is 0.666. The highest BCUT2D eigenvalue weighted by atomic mass is 32.2. The first-order valence-corrected chi connectivity index (χ1v) is 12.7. The van der Waals surface area contributed by atoms with Crippen molar-refractivity contribution in [1.82, 2.24) is 14.7 Å². The number of amides is 2. The lowest BCUT2D eigenvalue weighted by Gasteiger charge is -2.57.